The van der Waals surface area contributed by atoms with Gasteiger partial charge in [-0.15, -0.1) is 0 Å². The summed E-state index contributed by atoms with van der Waals surface area (Å²) in [7, 11) is 0. The molecule has 0 radical (unpaired) electrons. The number of likely N-dealkylation sites (tertiary alicyclic amines) is 1. The number of benzene rings is 2. The molecule has 2 heterocycles. The summed E-state index contributed by atoms with van der Waals surface area (Å²) in [5, 5.41) is 9.50. The molecule has 0 amide bonds. The monoisotopic (exact) mass is 518 g/mol. The summed E-state index contributed by atoms with van der Waals surface area (Å²) in [4.78, 5) is 19.1. The minimum absolute atomic E-state index is 0.0231. The van der Waals surface area contributed by atoms with E-state index in [1.807, 2.05) is 41.3 Å². The predicted molar refractivity (Wildman–Crippen MR) is 142 cm³/mol. The van der Waals surface area contributed by atoms with Crippen molar-refractivity contribution in [2.75, 3.05) is 32.0 Å². The molecule has 6 nitrogen and oxygen atoms in total. The summed E-state index contributed by atoms with van der Waals surface area (Å²) in [5.41, 5.74) is 9.44. The van der Waals surface area contributed by atoms with E-state index < -0.39 is 6.61 Å². The first-order chi connectivity index (χ1) is 18.4. The van der Waals surface area contributed by atoms with Crippen LogP contribution in [0.25, 0.3) is 0 Å². The first-order valence-electron chi connectivity index (χ1n) is 12.8. The van der Waals surface area contributed by atoms with Crippen molar-refractivity contribution in [3.63, 3.8) is 0 Å². The Bertz CT molecular complexity index is 1250. The van der Waals surface area contributed by atoms with Gasteiger partial charge in [-0.25, -0.2) is 0 Å². The van der Waals surface area contributed by atoms with Gasteiger partial charge in [0.2, 0.25) is 0 Å². The van der Waals surface area contributed by atoms with Crippen LogP contribution < -0.4 is 5.73 Å². The van der Waals surface area contributed by atoms with Gasteiger partial charge in [0, 0.05) is 30.4 Å². The van der Waals surface area contributed by atoms with Gasteiger partial charge in [-0.2, -0.15) is 14.0 Å². The summed E-state index contributed by atoms with van der Waals surface area (Å²) >= 11 is 0. The van der Waals surface area contributed by atoms with Gasteiger partial charge in [-0.05, 0) is 67.0 Å². The summed E-state index contributed by atoms with van der Waals surface area (Å²) in [6.07, 6.45) is 5.29. The first-order valence-corrected chi connectivity index (χ1v) is 12.8. The molecule has 198 valence electrons. The smallest absolute Gasteiger partial charge is 0.345 e. The van der Waals surface area contributed by atoms with Gasteiger partial charge in [0.05, 0.1) is 30.5 Å². The molecule has 1 saturated heterocycles. The number of aromatic nitrogens is 1. The van der Waals surface area contributed by atoms with Crippen molar-refractivity contribution >= 4 is 11.5 Å². The predicted octanol–water partition coefficient (Wildman–Crippen LogP) is 5.51. The lowest BCUT2D eigenvalue weighted by atomic mass is 9.75. The standard InChI is InChI=1S/C30H32F2N4O2/c31-30(32)38-20-22-9-10-24(11-12-36(18-22)19-28(37)26-14-27(34)17-35-16-26)29(23-6-2-1-3-7-23)25-8-4-5-21(13-25)15-33/h1-8,13-14,16-17,22,24,29-30H,9-12,18-20,34H2/t22-,24?,29+/m0/s1. The molecule has 0 aliphatic carbocycles. The number of halogens is 2. The van der Waals surface area contributed by atoms with Crippen molar-refractivity contribution in [1.82, 2.24) is 9.88 Å². The lowest BCUT2D eigenvalue weighted by Gasteiger charge is -2.36. The second-order valence-electron chi connectivity index (χ2n) is 9.88. The van der Waals surface area contributed by atoms with Crippen LogP contribution >= 0.6 is 0 Å². The summed E-state index contributed by atoms with van der Waals surface area (Å²) in [6, 6.07) is 21.7. The molecule has 1 fully saturated rings. The van der Waals surface area contributed by atoms with Crippen molar-refractivity contribution < 1.29 is 18.3 Å². The molecule has 1 aliphatic heterocycles. The number of carbonyl (C=O) groups excluding carboxylic acids is 1. The third-order valence-corrected chi connectivity index (χ3v) is 7.19. The Labute approximate surface area is 222 Å². The van der Waals surface area contributed by atoms with Crippen LogP contribution in [0.1, 0.15) is 52.2 Å². The fourth-order valence-corrected chi connectivity index (χ4v) is 5.42. The van der Waals surface area contributed by atoms with Crippen LogP contribution in [-0.2, 0) is 4.74 Å². The van der Waals surface area contributed by atoms with Crippen LogP contribution in [0, 0.1) is 23.2 Å². The second kappa shape index (κ2) is 13.2. The number of ether oxygens (including phenoxy) is 1. The Morgan fingerprint density at radius 3 is 2.61 bits per heavy atom. The Kier molecular flexibility index (Phi) is 9.52. The molecule has 8 heteroatoms. The molecular formula is C30H32F2N4O2. The normalized spacial score (nSPS) is 19.3. The Morgan fingerprint density at radius 1 is 1.08 bits per heavy atom. The Morgan fingerprint density at radius 2 is 1.87 bits per heavy atom. The van der Waals surface area contributed by atoms with Crippen molar-refractivity contribution in [1.29, 1.82) is 5.26 Å². The van der Waals surface area contributed by atoms with Gasteiger partial charge in [-0.3, -0.25) is 14.7 Å². The molecule has 1 aliphatic rings. The number of nitrogens with two attached hydrogens (primary N) is 1. The lowest BCUT2D eigenvalue weighted by molar-refractivity contribution is -0.140. The molecule has 1 unspecified atom stereocenters. The maximum atomic E-state index is 13.0. The van der Waals surface area contributed by atoms with Crippen LogP contribution in [0.5, 0.6) is 0 Å². The van der Waals surface area contributed by atoms with Gasteiger partial charge in [0.1, 0.15) is 0 Å². The number of anilines is 1. The number of alkyl halides is 2. The SMILES string of the molecule is N#Cc1cccc([C@H](c2ccccc2)C2CC[C@H](COC(F)F)CN(CC(=O)c3cncc(N)c3)CC2)c1. The minimum Gasteiger partial charge on any atom is -0.397 e. The van der Waals surface area contributed by atoms with Crippen LogP contribution in [0.2, 0.25) is 0 Å². The molecule has 0 spiro atoms. The van der Waals surface area contributed by atoms with E-state index in [0.717, 1.165) is 24.0 Å². The third kappa shape index (κ3) is 7.44. The van der Waals surface area contributed by atoms with Crippen molar-refractivity contribution in [2.45, 2.75) is 31.8 Å². The molecule has 0 bridgehead atoms. The zero-order chi connectivity index (χ0) is 26.9. The van der Waals surface area contributed by atoms with E-state index in [9.17, 15) is 18.8 Å². The van der Waals surface area contributed by atoms with E-state index in [2.05, 4.69) is 23.2 Å². The lowest BCUT2D eigenvalue weighted by Crippen LogP contribution is -2.39. The highest BCUT2D eigenvalue weighted by Gasteiger charge is 2.30. The molecule has 4 rings (SSSR count). The van der Waals surface area contributed by atoms with Gasteiger partial charge in [-0.1, -0.05) is 42.5 Å². The average molecular weight is 519 g/mol. The van der Waals surface area contributed by atoms with Gasteiger partial charge in [0.15, 0.2) is 5.78 Å². The number of hydrogen-bond donors (Lipinski definition) is 1. The maximum absolute atomic E-state index is 13.0. The van der Waals surface area contributed by atoms with Crippen LogP contribution in [0.3, 0.4) is 0 Å². The maximum Gasteiger partial charge on any atom is 0.345 e. The zero-order valence-corrected chi connectivity index (χ0v) is 21.2. The Hall–Kier alpha value is -3.67. The number of hydrogen-bond acceptors (Lipinski definition) is 6. The molecule has 0 saturated carbocycles. The van der Waals surface area contributed by atoms with Crippen LogP contribution in [-0.4, -0.2) is 48.5 Å². The molecule has 1 aromatic heterocycles. The fraction of sp³-hybridized carbons (Fsp3) is 0.367. The molecular weight excluding hydrogens is 486 g/mol. The highest BCUT2D eigenvalue weighted by molar-refractivity contribution is 5.97. The van der Waals surface area contributed by atoms with E-state index in [-0.39, 0.29) is 36.7 Å². The topological polar surface area (TPSA) is 92.2 Å². The van der Waals surface area contributed by atoms with Gasteiger partial charge < -0.3 is 10.5 Å². The number of nitrogens with zero attached hydrogens (tertiary/aromatic N) is 3. The largest absolute Gasteiger partial charge is 0.397 e. The van der Waals surface area contributed by atoms with Crippen LogP contribution in [0.15, 0.2) is 73.1 Å². The molecule has 38 heavy (non-hydrogen) atoms. The number of Topliss-reactive ketones (excluding diaryl/α,β-unsaturated/α-hetero) is 1. The summed E-state index contributed by atoms with van der Waals surface area (Å²) < 4.78 is 30.6. The summed E-state index contributed by atoms with van der Waals surface area (Å²) in [6.45, 7) is -1.66. The number of rotatable bonds is 9. The number of nitriles is 1. The van der Waals surface area contributed by atoms with E-state index in [4.69, 9.17) is 10.5 Å². The molecule has 2 aromatic carbocycles. The van der Waals surface area contributed by atoms with Gasteiger partial charge >= 0.3 is 6.61 Å². The average Bonchev–Trinajstić information content (AvgIpc) is 2.91. The number of ketones is 1. The van der Waals surface area contributed by atoms with E-state index in [1.54, 1.807) is 12.1 Å². The Balaban J connectivity index is 1.61. The highest BCUT2D eigenvalue weighted by atomic mass is 19.3. The first kappa shape index (κ1) is 27.4. The highest BCUT2D eigenvalue weighted by Crippen LogP contribution is 2.39. The fourth-order valence-electron chi connectivity index (χ4n) is 5.42. The minimum atomic E-state index is -2.84. The van der Waals surface area contributed by atoms with E-state index in [0.29, 0.717) is 36.3 Å². The van der Waals surface area contributed by atoms with E-state index in [1.165, 1.54) is 12.4 Å². The van der Waals surface area contributed by atoms with E-state index >= 15 is 0 Å². The molecule has 3 atom stereocenters. The number of nitrogen functional groups attached to an aromatic ring is 1. The number of pyridine rings is 1. The zero-order valence-electron chi connectivity index (χ0n) is 21.2. The van der Waals surface area contributed by atoms with Crippen LogP contribution in [0.4, 0.5) is 14.5 Å². The third-order valence-electron chi connectivity index (χ3n) is 7.19. The second-order valence-corrected chi connectivity index (χ2v) is 9.88. The van der Waals surface area contributed by atoms with Crippen molar-refractivity contribution in [2.24, 2.45) is 11.8 Å². The molecule has 2 N–H and O–H groups in total. The van der Waals surface area contributed by atoms with Gasteiger partial charge in [0.25, 0.3) is 0 Å². The quantitative estimate of drug-likeness (QED) is 0.376. The van der Waals surface area contributed by atoms with Crippen molar-refractivity contribution in [3.05, 3.63) is 95.3 Å². The number of carbonyl (C=O) groups is 1. The summed E-state index contributed by atoms with van der Waals surface area (Å²) in [5.74, 6) is -0.0699. The van der Waals surface area contributed by atoms with Crippen molar-refractivity contribution in [3.8, 4) is 6.07 Å². The molecule has 3 aromatic rings.